The Morgan fingerprint density at radius 1 is 0.397 bits per heavy atom. The third-order valence-corrected chi connectivity index (χ3v) is 22.7. The second-order valence-corrected chi connectivity index (χ2v) is 32.0. The predicted molar refractivity (Wildman–Crippen MR) is 337 cm³/mol. The number of aryl methyl sites for hydroxylation is 3. The van der Waals surface area contributed by atoms with Crippen LogP contribution < -0.4 is 31.1 Å². The van der Waals surface area contributed by atoms with Crippen LogP contribution in [0.5, 0.6) is 0 Å². The second-order valence-electron chi connectivity index (χ2n) is 32.0. The van der Waals surface area contributed by atoms with Gasteiger partial charge in [0, 0.05) is 50.9 Å². The Morgan fingerprint density at radius 2 is 0.859 bits per heavy atom. The zero-order valence-corrected chi connectivity index (χ0v) is 51.9. The number of nitrogens with zero attached hydrogens (tertiary/aromatic N) is 3. The first-order valence-corrected chi connectivity index (χ1v) is 30.6. The molecule has 3 heterocycles. The Bertz CT molecular complexity index is 3590. The summed E-state index contributed by atoms with van der Waals surface area (Å²) >= 11 is 0. The maximum atomic E-state index is 2.84. The van der Waals surface area contributed by atoms with Crippen LogP contribution in [-0.2, 0) is 43.3 Å². The molecular formula is C74H92BN3. The summed E-state index contributed by atoms with van der Waals surface area (Å²) in [6.45, 7) is 49.5. The molecule has 78 heavy (non-hydrogen) atoms. The van der Waals surface area contributed by atoms with Crippen LogP contribution in [0.3, 0.4) is 0 Å². The van der Waals surface area contributed by atoms with Gasteiger partial charge in [-0.3, -0.25) is 0 Å². The fourth-order valence-corrected chi connectivity index (χ4v) is 17.7. The van der Waals surface area contributed by atoms with Crippen molar-refractivity contribution in [3.63, 3.8) is 0 Å². The van der Waals surface area contributed by atoms with Gasteiger partial charge in [0.15, 0.2) is 0 Å². The zero-order chi connectivity index (χ0) is 55.8. The molecule has 7 aliphatic rings. The maximum Gasteiger partial charge on any atom is 0.252 e. The van der Waals surface area contributed by atoms with E-state index in [2.05, 4.69) is 238 Å². The number of hydrogen-bond acceptors (Lipinski definition) is 3. The monoisotopic (exact) mass is 1030 g/mol. The van der Waals surface area contributed by atoms with E-state index in [1.54, 1.807) is 0 Å². The van der Waals surface area contributed by atoms with Gasteiger partial charge in [-0.1, -0.05) is 160 Å². The predicted octanol–water partition coefficient (Wildman–Crippen LogP) is 18.4. The summed E-state index contributed by atoms with van der Waals surface area (Å²) in [7, 11) is 0. The van der Waals surface area contributed by atoms with Gasteiger partial charge in [-0.15, -0.1) is 0 Å². The Kier molecular flexibility index (Phi) is 10.7. The third-order valence-electron chi connectivity index (χ3n) is 22.7. The van der Waals surface area contributed by atoms with Crippen LogP contribution in [-0.4, -0.2) is 12.3 Å². The molecule has 406 valence electrons. The average molecular weight is 1030 g/mol. The number of fused-ring (bicyclic) bond motifs is 10. The van der Waals surface area contributed by atoms with Crippen molar-refractivity contribution in [3.8, 4) is 0 Å². The van der Waals surface area contributed by atoms with Crippen molar-refractivity contribution < 1.29 is 0 Å². The van der Waals surface area contributed by atoms with Crippen molar-refractivity contribution in [3.05, 3.63) is 146 Å². The Balaban J connectivity index is 1.13. The van der Waals surface area contributed by atoms with Crippen molar-refractivity contribution in [1.29, 1.82) is 0 Å². The van der Waals surface area contributed by atoms with Crippen molar-refractivity contribution >= 4 is 68.6 Å². The Morgan fingerprint density at radius 3 is 1.40 bits per heavy atom. The van der Waals surface area contributed by atoms with Crippen LogP contribution in [0.15, 0.2) is 84.9 Å². The van der Waals surface area contributed by atoms with Crippen molar-refractivity contribution in [1.82, 2.24) is 0 Å². The van der Waals surface area contributed by atoms with Gasteiger partial charge in [-0.25, -0.2) is 0 Å². The quantitative estimate of drug-likeness (QED) is 0.163. The zero-order valence-electron chi connectivity index (χ0n) is 51.9. The van der Waals surface area contributed by atoms with E-state index < -0.39 is 0 Å². The van der Waals surface area contributed by atoms with E-state index >= 15 is 0 Å². The van der Waals surface area contributed by atoms with Crippen LogP contribution in [0.25, 0.3) is 0 Å². The highest BCUT2D eigenvalue weighted by Gasteiger charge is 2.58. The summed E-state index contributed by atoms with van der Waals surface area (Å²) in [5.41, 5.74) is 31.5. The fraction of sp³-hybridized carbons (Fsp3) is 0.514. The lowest BCUT2D eigenvalue weighted by atomic mass is 9.33. The summed E-state index contributed by atoms with van der Waals surface area (Å²) in [6, 6.07) is 36.5. The van der Waals surface area contributed by atoms with Crippen molar-refractivity contribution in [2.45, 2.75) is 245 Å². The molecule has 2 unspecified atom stereocenters. The molecule has 0 saturated heterocycles. The first-order chi connectivity index (χ1) is 36.2. The topological polar surface area (TPSA) is 9.72 Å². The smallest absolute Gasteiger partial charge is 0.252 e. The average Bonchev–Trinajstić information content (AvgIpc) is 2.72. The number of rotatable bonds is 3. The lowest BCUT2D eigenvalue weighted by Crippen LogP contribution is -2.62. The molecule has 0 spiro atoms. The van der Waals surface area contributed by atoms with E-state index in [-0.39, 0.29) is 55.6 Å². The SMILES string of the molecule is Cc1cc2c3c(c1)N(c1cc4c(cc1C)C(C)(C)CC4(C)C)c1cc4c(cc1B3c1ccc(N3c5ccc(C(C)(C)C)cc5C5(C)CCCCC35C)cc1N2c1cc2c(cc1C)C(C)(C)CCC2(C)C)C(C)(C)CCC4(C)C. The summed E-state index contributed by atoms with van der Waals surface area (Å²) in [5.74, 6) is 0. The molecule has 6 aromatic rings. The van der Waals surface area contributed by atoms with E-state index in [9.17, 15) is 0 Å². The Labute approximate surface area is 472 Å². The molecule has 0 amide bonds. The van der Waals surface area contributed by atoms with Crippen molar-refractivity contribution in [2.24, 2.45) is 0 Å². The largest absolute Gasteiger partial charge is 0.334 e. The fourth-order valence-electron chi connectivity index (χ4n) is 17.7. The molecule has 6 aromatic carbocycles. The van der Waals surface area contributed by atoms with Crippen LogP contribution >= 0.6 is 0 Å². The van der Waals surface area contributed by atoms with E-state index in [1.807, 2.05) is 0 Å². The van der Waals surface area contributed by atoms with E-state index in [0.29, 0.717) is 0 Å². The first kappa shape index (κ1) is 52.2. The normalized spacial score (nSPS) is 24.8. The molecule has 4 aliphatic carbocycles. The summed E-state index contributed by atoms with van der Waals surface area (Å²) in [5, 5.41) is 0. The highest BCUT2D eigenvalue weighted by molar-refractivity contribution is 7.00. The standard InChI is InChI=1S/C74H92BN3/c1-44-33-63-65-64(34-44)77(60-41-54-50(36-46(60)3)71(15,16)43-72(54,17)18)62-42-53-51(68(9,10)30-32-70(53,13)14)39-57(62)75(65)56-25-24-48(38-61(56)76(63)59-40-52-49(35-45(59)2)67(7,8)29-31-69(52,11)12)78-58-26-23-47(66(4,5)6)37-55(58)73(19)27-21-22-28-74(73,78)20/h23-26,33-42H,21-22,27-32,43H2,1-20H3. The molecule has 1 saturated carbocycles. The molecule has 3 aliphatic heterocycles. The van der Waals surface area contributed by atoms with Gasteiger partial charge in [-0.05, 0) is 237 Å². The highest BCUT2D eigenvalue weighted by atomic mass is 15.3. The van der Waals surface area contributed by atoms with Crippen LogP contribution in [0.1, 0.15) is 237 Å². The molecule has 1 fully saturated rings. The second kappa shape index (κ2) is 16.0. The lowest BCUT2D eigenvalue weighted by molar-refractivity contribution is 0.195. The molecule has 3 nitrogen and oxygen atoms in total. The van der Waals surface area contributed by atoms with Gasteiger partial charge in [0.2, 0.25) is 0 Å². The maximum absolute atomic E-state index is 2.84. The van der Waals surface area contributed by atoms with Crippen LogP contribution in [0.4, 0.5) is 45.5 Å². The molecule has 0 N–H and O–H groups in total. The minimum atomic E-state index is -0.0796. The Hall–Kier alpha value is -5.22. The minimum Gasteiger partial charge on any atom is -0.334 e. The van der Waals surface area contributed by atoms with Crippen LogP contribution in [0, 0.1) is 20.8 Å². The van der Waals surface area contributed by atoms with E-state index in [4.69, 9.17) is 0 Å². The first-order valence-electron chi connectivity index (χ1n) is 30.6. The number of benzene rings is 6. The molecule has 0 bridgehead atoms. The van der Waals surface area contributed by atoms with Crippen LogP contribution in [0.2, 0.25) is 0 Å². The summed E-state index contributed by atoms with van der Waals surface area (Å²) in [6.07, 6.45) is 10.8. The molecule has 0 aromatic heterocycles. The van der Waals surface area contributed by atoms with Gasteiger partial charge < -0.3 is 14.7 Å². The third kappa shape index (κ3) is 7.07. The molecule has 0 radical (unpaired) electrons. The molecule has 13 rings (SSSR count). The van der Waals surface area contributed by atoms with Gasteiger partial charge in [0.25, 0.3) is 6.71 Å². The molecule has 4 heteroatoms. The van der Waals surface area contributed by atoms with Crippen molar-refractivity contribution in [2.75, 3.05) is 14.7 Å². The number of anilines is 8. The van der Waals surface area contributed by atoms with E-state index in [1.165, 1.54) is 174 Å². The van der Waals surface area contributed by atoms with Gasteiger partial charge in [-0.2, -0.15) is 0 Å². The van der Waals surface area contributed by atoms with Gasteiger partial charge in [0.05, 0.1) is 5.54 Å². The highest BCUT2D eigenvalue weighted by Crippen LogP contribution is 2.63. The summed E-state index contributed by atoms with van der Waals surface area (Å²) < 4.78 is 0. The van der Waals surface area contributed by atoms with Gasteiger partial charge in [0.1, 0.15) is 0 Å². The minimum absolute atomic E-state index is 0.0234. The molecular weight excluding hydrogens is 942 g/mol. The molecule has 2 atom stereocenters. The number of hydrogen-bond donors (Lipinski definition) is 0. The lowest BCUT2D eigenvalue weighted by Gasteiger charge is -2.51. The van der Waals surface area contributed by atoms with Gasteiger partial charge >= 0.3 is 0 Å². The van der Waals surface area contributed by atoms with E-state index in [0.717, 1.165) is 6.42 Å². The summed E-state index contributed by atoms with van der Waals surface area (Å²) in [4.78, 5) is 8.39.